The van der Waals surface area contributed by atoms with Gasteiger partial charge < -0.3 is 14.2 Å². The van der Waals surface area contributed by atoms with Crippen LogP contribution in [0.4, 0.5) is 0 Å². The van der Waals surface area contributed by atoms with E-state index in [1.807, 2.05) is 0 Å². The summed E-state index contributed by atoms with van der Waals surface area (Å²) < 4.78 is 18.1. The van der Waals surface area contributed by atoms with Crippen molar-refractivity contribution in [1.29, 1.82) is 0 Å². The molecule has 0 radical (unpaired) electrons. The summed E-state index contributed by atoms with van der Waals surface area (Å²) in [4.78, 5) is 27.4. The number of benzene rings is 1. The summed E-state index contributed by atoms with van der Waals surface area (Å²) in [5.41, 5.74) is 0.978. The summed E-state index contributed by atoms with van der Waals surface area (Å²) in [6.45, 7) is 2.48. The van der Waals surface area contributed by atoms with Gasteiger partial charge in [-0.25, -0.2) is 4.98 Å². The molecule has 1 fully saturated rings. The monoisotopic (exact) mass is 454 g/mol. The first-order chi connectivity index (χ1) is 12.7. The number of hydrogen-bond donors (Lipinski definition) is 0. The van der Waals surface area contributed by atoms with E-state index in [0.717, 1.165) is 0 Å². The van der Waals surface area contributed by atoms with Gasteiger partial charge in [-0.3, -0.25) is 14.2 Å². The van der Waals surface area contributed by atoms with E-state index in [2.05, 4.69) is 4.98 Å². The molecule has 146 valence electrons. The first-order valence-electron chi connectivity index (χ1n) is 7.81. The first kappa shape index (κ1) is 20.5. The fraction of sp³-hybridized carbons (Fsp3) is 0.438. The summed E-state index contributed by atoms with van der Waals surface area (Å²) in [7, 11) is 0. The van der Waals surface area contributed by atoms with Crippen LogP contribution in [0.1, 0.15) is 20.1 Å². The van der Waals surface area contributed by atoms with E-state index < -0.39 is 36.5 Å². The molecule has 0 aliphatic carbocycles. The highest BCUT2D eigenvalue weighted by Crippen LogP contribution is 2.39. The van der Waals surface area contributed by atoms with E-state index in [1.54, 1.807) is 12.1 Å². The number of imidazole rings is 1. The number of alkyl halides is 1. The molecule has 1 aromatic heterocycles. The molecule has 4 atom stereocenters. The van der Waals surface area contributed by atoms with Crippen molar-refractivity contribution in [2.45, 2.75) is 38.4 Å². The van der Waals surface area contributed by atoms with Gasteiger partial charge in [-0.2, -0.15) is 0 Å². The molecule has 2 heterocycles. The number of rotatable bonds is 4. The van der Waals surface area contributed by atoms with Crippen LogP contribution in [0, 0.1) is 0 Å². The number of hydrogen-bond acceptors (Lipinski definition) is 6. The molecule has 3 rings (SSSR count). The summed E-state index contributed by atoms with van der Waals surface area (Å²) >= 11 is 24.4. The van der Waals surface area contributed by atoms with Gasteiger partial charge in [0, 0.05) is 13.8 Å². The second-order valence-corrected chi connectivity index (χ2v) is 7.33. The number of esters is 2. The third kappa shape index (κ3) is 3.98. The Balaban J connectivity index is 2.12. The van der Waals surface area contributed by atoms with Gasteiger partial charge in [0.15, 0.2) is 18.4 Å². The molecule has 0 unspecified atom stereocenters. The predicted molar refractivity (Wildman–Crippen MR) is 101 cm³/mol. The van der Waals surface area contributed by atoms with E-state index in [1.165, 1.54) is 18.4 Å². The smallest absolute Gasteiger partial charge is 0.303 e. The SMILES string of the molecule is CC(=O)O[C@@H]1[C@H](OC(C)=O)[C@@H](CCl)O[C@H]1n1c(Cl)nc2cc(Cl)c(Cl)cc21. The van der Waals surface area contributed by atoms with Gasteiger partial charge in [-0.15, -0.1) is 11.6 Å². The fourth-order valence-corrected chi connectivity index (χ4v) is 3.84. The van der Waals surface area contributed by atoms with E-state index >= 15 is 0 Å². The van der Waals surface area contributed by atoms with Crippen LogP contribution in [0.3, 0.4) is 0 Å². The normalized spacial score (nSPS) is 25.0. The first-order valence-corrected chi connectivity index (χ1v) is 9.48. The quantitative estimate of drug-likeness (QED) is 0.512. The van der Waals surface area contributed by atoms with Gasteiger partial charge in [-0.05, 0) is 23.7 Å². The zero-order valence-electron chi connectivity index (χ0n) is 14.1. The van der Waals surface area contributed by atoms with Crippen molar-refractivity contribution in [1.82, 2.24) is 9.55 Å². The van der Waals surface area contributed by atoms with Gasteiger partial charge in [0.2, 0.25) is 5.28 Å². The van der Waals surface area contributed by atoms with Crippen LogP contribution in [0.25, 0.3) is 11.0 Å². The molecular formula is C16H14Cl4N2O5. The lowest BCUT2D eigenvalue weighted by atomic mass is 10.1. The zero-order valence-corrected chi connectivity index (χ0v) is 17.1. The number of aromatic nitrogens is 2. The van der Waals surface area contributed by atoms with Crippen LogP contribution in [-0.2, 0) is 23.8 Å². The Morgan fingerprint density at radius 3 is 2.30 bits per heavy atom. The Labute approximate surface area is 174 Å². The number of halogens is 4. The lowest BCUT2D eigenvalue weighted by Gasteiger charge is -2.24. The van der Waals surface area contributed by atoms with Crippen LogP contribution in [-0.4, -0.2) is 45.7 Å². The highest BCUT2D eigenvalue weighted by Gasteiger charge is 2.50. The predicted octanol–water partition coefficient (Wildman–Crippen LogP) is 4.00. The molecule has 1 aliphatic rings. The van der Waals surface area contributed by atoms with Crippen molar-refractivity contribution in [3.8, 4) is 0 Å². The third-order valence-corrected chi connectivity index (χ3v) is 5.28. The van der Waals surface area contributed by atoms with E-state index in [4.69, 9.17) is 60.6 Å². The maximum absolute atomic E-state index is 11.6. The molecule has 1 aliphatic heterocycles. The average Bonchev–Trinajstić information content (AvgIpc) is 3.04. The molecule has 0 amide bonds. The van der Waals surface area contributed by atoms with Crippen molar-refractivity contribution in [3.63, 3.8) is 0 Å². The minimum Gasteiger partial charge on any atom is -0.456 e. The standard InChI is InChI=1S/C16H14Cl4N2O5/c1-6(23)25-13-12(5-17)27-15(14(13)26-7(2)24)22-11-4-9(19)8(18)3-10(11)21-16(22)20/h3-4,12-15H,5H2,1-2H3/t12-,13-,14-,15-/m1/s1. The summed E-state index contributed by atoms with van der Waals surface area (Å²) in [6, 6.07) is 3.13. The summed E-state index contributed by atoms with van der Waals surface area (Å²) in [6.07, 6.45) is -3.55. The maximum Gasteiger partial charge on any atom is 0.303 e. The van der Waals surface area contributed by atoms with Gasteiger partial charge in [0.25, 0.3) is 0 Å². The molecular weight excluding hydrogens is 442 g/mol. The largest absolute Gasteiger partial charge is 0.456 e. The lowest BCUT2D eigenvalue weighted by Crippen LogP contribution is -2.39. The summed E-state index contributed by atoms with van der Waals surface area (Å²) in [5, 5.41) is 0.655. The molecule has 27 heavy (non-hydrogen) atoms. The van der Waals surface area contributed by atoms with Gasteiger partial charge in [-0.1, -0.05) is 23.2 Å². The maximum atomic E-state index is 11.6. The molecule has 0 bridgehead atoms. The van der Waals surface area contributed by atoms with Crippen molar-refractivity contribution >= 4 is 69.4 Å². The molecule has 2 aromatic rings. The number of carbonyl (C=O) groups is 2. The topological polar surface area (TPSA) is 79.6 Å². The lowest BCUT2D eigenvalue weighted by molar-refractivity contribution is -0.165. The zero-order chi connectivity index (χ0) is 19.9. The molecule has 1 aromatic carbocycles. The molecule has 0 spiro atoms. The number of carbonyl (C=O) groups excluding carboxylic acids is 2. The van der Waals surface area contributed by atoms with Crippen LogP contribution in [0.15, 0.2) is 12.1 Å². The van der Waals surface area contributed by atoms with E-state index in [0.29, 0.717) is 16.1 Å². The number of fused-ring (bicyclic) bond motifs is 1. The van der Waals surface area contributed by atoms with Crippen molar-refractivity contribution in [2.75, 3.05) is 5.88 Å². The number of ether oxygens (including phenoxy) is 3. The Morgan fingerprint density at radius 1 is 1.11 bits per heavy atom. The highest BCUT2D eigenvalue weighted by molar-refractivity contribution is 6.42. The Kier molecular flexibility index (Phi) is 6.08. The van der Waals surface area contributed by atoms with Crippen molar-refractivity contribution in [3.05, 3.63) is 27.5 Å². The van der Waals surface area contributed by atoms with Crippen LogP contribution in [0.5, 0.6) is 0 Å². The molecule has 1 saturated heterocycles. The van der Waals surface area contributed by atoms with E-state index in [9.17, 15) is 9.59 Å². The third-order valence-electron chi connectivity index (χ3n) is 3.98. The summed E-state index contributed by atoms with van der Waals surface area (Å²) in [5.74, 6) is -1.14. The van der Waals surface area contributed by atoms with Crippen LogP contribution >= 0.6 is 46.4 Å². The van der Waals surface area contributed by atoms with Crippen LogP contribution < -0.4 is 0 Å². The van der Waals surface area contributed by atoms with Crippen molar-refractivity contribution < 1.29 is 23.8 Å². The Bertz CT molecular complexity index is 903. The van der Waals surface area contributed by atoms with Crippen LogP contribution in [0.2, 0.25) is 15.3 Å². The second kappa shape index (κ2) is 8.01. The van der Waals surface area contributed by atoms with Gasteiger partial charge in [0.1, 0.15) is 6.10 Å². The highest BCUT2D eigenvalue weighted by atomic mass is 35.5. The van der Waals surface area contributed by atoms with E-state index in [-0.39, 0.29) is 16.2 Å². The molecule has 11 heteroatoms. The second-order valence-electron chi connectivity index (χ2n) is 5.87. The fourth-order valence-electron chi connectivity index (χ4n) is 2.99. The van der Waals surface area contributed by atoms with Gasteiger partial charge >= 0.3 is 11.9 Å². The number of nitrogens with zero attached hydrogens (tertiary/aromatic N) is 2. The Hall–Kier alpha value is -1.25. The minimum absolute atomic E-state index is 0.00302. The molecule has 7 nitrogen and oxygen atoms in total. The average molecular weight is 456 g/mol. The van der Waals surface area contributed by atoms with Gasteiger partial charge in [0.05, 0.1) is 27.0 Å². The Morgan fingerprint density at radius 2 is 1.70 bits per heavy atom. The molecule has 0 N–H and O–H groups in total. The minimum atomic E-state index is -0.987. The molecule has 0 saturated carbocycles. The van der Waals surface area contributed by atoms with Crippen molar-refractivity contribution in [2.24, 2.45) is 0 Å².